The predicted octanol–water partition coefficient (Wildman–Crippen LogP) is 16.2. The highest BCUT2D eigenvalue weighted by molar-refractivity contribution is 7.99. The third kappa shape index (κ3) is 6.10. The van der Waals surface area contributed by atoms with Crippen molar-refractivity contribution in [3.63, 3.8) is 0 Å². The maximum Gasteiger partial charge on any atom is 0.160 e. The molecule has 14 rings (SSSR count). The van der Waals surface area contributed by atoms with E-state index in [2.05, 4.69) is 212 Å². The normalized spacial score (nSPS) is 13.8. The summed E-state index contributed by atoms with van der Waals surface area (Å²) in [5.74, 6) is 0.665. The van der Waals surface area contributed by atoms with E-state index < -0.39 is 10.8 Å². The molecular weight excluding hydrogens is 879 g/mol. The first-order chi connectivity index (χ1) is 35.1. The van der Waals surface area contributed by atoms with Crippen molar-refractivity contribution in [2.45, 2.75) is 20.6 Å². The first kappa shape index (κ1) is 41.1. The van der Waals surface area contributed by atoms with Crippen molar-refractivity contribution >= 4 is 11.8 Å². The predicted molar refractivity (Wildman–Crippen MR) is 287 cm³/mol. The third-order valence-corrected chi connectivity index (χ3v) is 16.2. The number of hydrogen-bond donors (Lipinski definition) is 0. The van der Waals surface area contributed by atoms with Crippen LogP contribution in [0.15, 0.2) is 259 Å². The van der Waals surface area contributed by atoms with Crippen LogP contribution >= 0.6 is 11.8 Å². The van der Waals surface area contributed by atoms with E-state index in [1.54, 1.807) is 0 Å². The Balaban J connectivity index is 0.895. The minimum atomic E-state index is -0.564. The molecule has 1 aliphatic heterocycles. The van der Waals surface area contributed by atoms with Gasteiger partial charge in [-0.3, -0.25) is 0 Å². The van der Waals surface area contributed by atoms with E-state index in [4.69, 9.17) is 9.97 Å². The molecule has 0 amide bonds. The Morgan fingerprint density at radius 2 is 0.761 bits per heavy atom. The number of nitriles is 1. The van der Waals surface area contributed by atoms with Crippen molar-refractivity contribution in [2.24, 2.45) is 0 Å². The van der Waals surface area contributed by atoms with Crippen LogP contribution in [0.2, 0.25) is 0 Å². The zero-order valence-corrected chi connectivity index (χ0v) is 39.2. The number of fused-ring (bicyclic) bond motifs is 15. The molecular formula is C67H41N3S. The van der Waals surface area contributed by atoms with Gasteiger partial charge >= 0.3 is 0 Å². The summed E-state index contributed by atoms with van der Waals surface area (Å²) < 4.78 is 0. The zero-order valence-electron chi connectivity index (χ0n) is 38.4. The summed E-state index contributed by atoms with van der Waals surface area (Å²) in [6.45, 7) is 0. The molecule has 3 nitrogen and oxygen atoms in total. The van der Waals surface area contributed by atoms with Gasteiger partial charge in [-0.05, 0) is 114 Å². The molecule has 11 aromatic rings. The Bertz CT molecular complexity index is 3900. The van der Waals surface area contributed by atoms with Crippen LogP contribution in [-0.2, 0) is 10.8 Å². The Hall–Kier alpha value is -8.88. The summed E-state index contributed by atoms with van der Waals surface area (Å²) in [4.78, 5) is 12.8. The van der Waals surface area contributed by atoms with Crippen molar-refractivity contribution in [1.82, 2.24) is 9.97 Å². The van der Waals surface area contributed by atoms with E-state index in [0.29, 0.717) is 11.4 Å². The molecule has 1 aromatic heterocycles. The molecule has 3 aliphatic rings. The molecule has 4 heteroatoms. The van der Waals surface area contributed by atoms with Crippen LogP contribution in [0.4, 0.5) is 0 Å². The summed E-state index contributed by atoms with van der Waals surface area (Å²) in [6, 6.07) is 92.4. The fraction of sp³-hybridized carbons (Fsp3) is 0.0299. The molecule has 10 aromatic carbocycles. The minimum Gasteiger partial charge on any atom is -0.228 e. The van der Waals surface area contributed by atoms with Gasteiger partial charge in [0.05, 0.1) is 33.9 Å². The molecule has 0 fully saturated rings. The van der Waals surface area contributed by atoms with Crippen LogP contribution in [0, 0.1) is 11.3 Å². The van der Waals surface area contributed by atoms with Gasteiger partial charge in [0.2, 0.25) is 0 Å². The largest absolute Gasteiger partial charge is 0.228 e. The molecule has 0 saturated carbocycles. The van der Waals surface area contributed by atoms with Crippen molar-refractivity contribution in [3.05, 3.63) is 299 Å². The summed E-state index contributed by atoms with van der Waals surface area (Å²) in [5.41, 5.74) is 21.8. The second-order valence-corrected chi connectivity index (χ2v) is 19.8. The number of rotatable bonds is 5. The van der Waals surface area contributed by atoms with Gasteiger partial charge < -0.3 is 0 Å². The lowest BCUT2D eigenvalue weighted by Crippen LogP contribution is -2.45. The smallest absolute Gasteiger partial charge is 0.160 e. The van der Waals surface area contributed by atoms with Gasteiger partial charge in [0.15, 0.2) is 5.82 Å². The fourth-order valence-corrected chi connectivity index (χ4v) is 13.3. The zero-order chi connectivity index (χ0) is 47.1. The first-order valence-electron chi connectivity index (χ1n) is 24.1. The minimum absolute atomic E-state index is 0.478. The molecule has 0 unspecified atom stereocenters. The number of aromatic nitrogens is 2. The third-order valence-electron chi connectivity index (χ3n) is 15.1. The summed E-state index contributed by atoms with van der Waals surface area (Å²) in [7, 11) is 0. The van der Waals surface area contributed by atoms with Gasteiger partial charge in [-0.2, -0.15) is 5.26 Å². The van der Waals surface area contributed by atoms with Gasteiger partial charge in [0.1, 0.15) is 0 Å². The molecule has 2 spiro atoms. The van der Waals surface area contributed by atoms with Crippen molar-refractivity contribution < 1.29 is 0 Å². The average Bonchev–Trinajstić information content (AvgIpc) is 3.76. The monoisotopic (exact) mass is 919 g/mol. The van der Waals surface area contributed by atoms with Crippen molar-refractivity contribution in [2.75, 3.05) is 0 Å². The van der Waals surface area contributed by atoms with Crippen LogP contribution in [-0.4, -0.2) is 9.97 Å². The quantitative estimate of drug-likeness (QED) is 0.173. The molecule has 0 radical (unpaired) electrons. The standard InChI is InChI=1S/C67H41N3S/c68-42-43-16-14-19-47(38-43)48-20-15-21-50(39-48)62-41-61(69-65(70-62)46-17-2-1-3-18-46)45-34-32-44(33-35-45)49-36-37-60-64(40-49)71-63-31-13-12-30-59(63)67(60)57-28-10-8-26-55(57)66(56-27-9-11-29-58(56)67)53-24-6-4-22-51(53)52-23-5-7-25-54(52)66/h1-41H. The lowest BCUT2D eigenvalue weighted by molar-refractivity contribution is 0.606. The van der Waals surface area contributed by atoms with E-state index in [-0.39, 0.29) is 0 Å². The second-order valence-electron chi connectivity index (χ2n) is 18.7. The molecule has 71 heavy (non-hydrogen) atoms. The SMILES string of the molecule is N#Cc1cccc(-c2cccc(-c3cc(-c4ccc(-c5ccc6c(c5)Sc5ccccc5C65c6ccccc6C6(c7ccccc7-c7ccccc76)c6ccccc65)cc4)nc(-c4ccccc4)n3)c2)c1. The summed E-state index contributed by atoms with van der Waals surface area (Å²) >= 11 is 1.88. The van der Waals surface area contributed by atoms with Crippen LogP contribution < -0.4 is 0 Å². The van der Waals surface area contributed by atoms with Gasteiger partial charge in [0, 0.05) is 26.5 Å². The van der Waals surface area contributed by atoms with Crippen molar-refractivity contribution in [1.29, 1.82) is 5.26 Å². The van der Waals surface area contributed by atoms with E-state index in [1.807, 2.05) is 54.2 Å². The van der Waals surface area contributed by atoms with E-state index >= 15 is 0 Å². The molecule has 0 bridgehead atoms. The maximum absolute atomic E-state index is 9.60. The maximum atomic E-state index is 9.60. The van der Waals surface area contributed by atoms with Crippen molar-refractivity contribution in [3.8, 4) is 73.4 Å². The van der Waals surface area contributed by atoms with Crippen LogP contribution in [0.3, 0.4) is 0 Å². The first-order valence-corrected chi connectivity index (χ1v) is 24.9. The highest BCUT2D eigenvalue weighted by atomic mass is 32.2. The lowest BCUT2D eigenvalue weighted by Gasteiger charge is -2.51. The van der Waals surface area contributed by atoms with E-state index in [1.165, 1.54) is 65.4 Å². The Labute approximate surface area is 417 Å². The van der Waals surface area contributed by atoms with Crippen LogP contribution in [0.25, 0.3) is 67.3 Å². The highest BCUT2D eigenvalue weighted by Gasteiger charge is 2.58. The van der Waals surface area contributed by atoms with Gasteiger partial charge in [-0.25, -0.2) is 9.97 Å². The molecule has 2 aliphatic carbocycles. The van der Waals surface area contributed by atoms with E-state index in [9.17, 15) is 5.26 Å². The second kappa shape index (κ2) is 16.1. The molecule has 0 saturated heterocycles. The Morgan fingerprint density at radius 3 is 1.41 bits per heavy atom. The van der Waals surface area contributed by atoms with Gasteiger partial charge in [0.25, 0.3) is 0 Å². The molecule has 330 valence electrons. The fourth-order valence-electron chi connectivity index (χ4n) is 12.1. The van der Waals surface area contributed by atoms with E-state index in [0.717, 1.165) is 50.3 Å². The summed E-state index contributed by atoms with van der Waals surface area (Å²) in [5, 5.41) is 9.60. The number of benzene rings is 10. The Kier molecular flexibility index (Phi) is 9.33. The molecule has 2 heterocycles. The Morgan fingerprint density at radius 1 is 0.310 bits per heavy atom. The number of hydrogen-bond acceptors (Lipinski definition) is 4. The van der Waals surface area contributed by atoms with Gasteiger partial charge in [-0.1, -0.05) is 224 Å². The van der Waals surface area contributed by atoms with Crippen LogP contribution in [0.1, 0.15) is 50.1 Å². The lowest BCUT2D eigenvalue weighted by atomic mass is 9.51. The van der Waals surface area contributed by atoms with Gasteiger partial charge in [-0.15, -0.1) is 0 Å². The topological polar surface area (TPSA) is 49.6 Å². The average molecular weight is 920 g/mol. The molecule has 0 N–H and O–H groups in total. The van der Waals surface area contributed by atoms with Crippen LogP contribution in [0.5, 0.6) is 0 Å². The molecule has 0 atom stereocenters. The summed E-state index contributed by atoms with van der Waals surface area (Å²) in [6.07, 6.45) is 0. The number of nitrogens with zero attached hydrogens (tertiary/aromatic N) is 3. The highest BCUT2D eigenvalue weighted by Crippen LogP contribution is 2.67.